The molecule has 1 aliphatic heterocycles. The van der Waals surface area contributed by atoms with Crippen LogP contribution in [-0.2, 0) is 9.59 Å². The van der Waals surface area contributed by atoms with Gasteiger partial charge in [0, 0.05) is 12.5 Å². The number of carbonyl (C=O) groups is 2. The third-order valence-electron chi connectivity index (χ3n) is 3.17. The lowest BCUT2D eigenvalue weighted by Gasteiger charge is -2.19. The number of nitrogens with one attached hydrogen (secondary N) is 2. The van der Waals surface area contributed by atoms with Crippen LogP contribution in [0.4, 0.5) is 0 Å². The van der Waals surface area contributed by atoms with Crippen molar-refractivity contribution >= 4 is 24.2 Å². The first kappa shape index (κ1) is 17.2. The summed E-state index contributed by atoms with van der Waals surface area (Å²) in [5.41, 5.74) is 5.24. The normalized spacial score (nSPS) is 20.3. The van der Waals surface area contributed by atoms with E-state index in [1.54, 1.807) is 0 Å². The van der Waals surface area contributed by atoms with Gasteiger partial charge in [-0.05, 0) is 31.7 Å². The second kappa shape index (κ2) is 8.32. The maximum absolute atomic E-state index is 11.7. The molecule has 1 heterocycles. The molecule has 0 aromatic carbocycles. The number of amides is 2. The molecule has 2 unspecified atom stereocenters. The van der Waals surface area contributed by atoms with Crippen LogP contribution in [0.5, 0.6) is 0 Å². The molecule has 1 aliphatic rings. The Hall–Kier alpha value is -0.810. The summed E-state index contributed by atoms with van der Waals surface area (Å²) in [6.45, 7) is 4.78. The quantitative estimate of drug-likeness (QED) is 0.663. The molecule has 0 aliphatic carbocycles. The number of carbonyl (C=O) groups excluding carboxylic acids is 2. The lowest BCUT2D eigenvalue weighted by Crippen LogP contribution is -2.47. The number of nitrogens with two attached hydrogens (primary N) is 1. The highest BCUT2D eigenvalue weighted by Crippen LogP contribution is 2.11. The predicted octanol–water partition coefficient (Wildman–Crippen LogP) is 0.567. The molecule has 0 radical (unpaired) electrons. The highest BCUT2D eigenvalue weighted by molar-refractivity contribution is 5.86. The zero-order valence-electron chi connectivity index (χ0n) is 11.1. The van der Waals surface area contributed by atoms with Gasteiger partial charge in [-0.3, -0.25) is 9.59 Å². The van der Waals surface area contributed by atoms with Crippen LogP contribution in [0.1, 0.15) is 39.5 Å². The fourth-order valence-corrected chi connectivity index (χ4v) is 2.12. The van der Waals surface area contributed by atoms with E-state index in [2.05, 4.69) is 10.6 Å². The maximum Gasteiger partial charge on any atom is 0.240 e. The van der Waals surface area contributed by atoms with Gasteiger partial charge in [0.05, 0.1) is 0 Å². The summed E-state index contributed by atoms with van der Waals surface area (Å²) >= 11 is 0. The van der Waals surface area contributed by atoms with Crippen molar-refractivity contribution < 1.29 is 9.59 Å². The second-order valence-corrected chi connectivity index (χ2v) is 5.02. The minimum absolute atomic E-state index is 0. The first-order valence-corrected chi connectivity index (χ1v) is 6.32. The lowest BCUT2D eigenvalue weighted by molar-refractivity contribution is -0.128. The van der Waals surface area contributed by atoms with Crippen LogP contribution in [0.15, 0.2) is 0 Å². The monoisotopic (exact) mass is 277 g/mol. The summed E-state index contributed by atoms with van der Waals surface area (Å²) in [7, 11) is 0. The fraction of sp³-hybridized carbons (Fsp3) is 0.833. The Morgan fingerprint density at radius 2 is 2.11 bits per heavy atom. The standard InChI is InChI=1S/C12H23N3O2.ClH/c1-8(2)11(12(13)17)15-10(16)6-5-9-4-3-7-14-9;/h8-9,11,14H,3-7H2,1-2H3,(H2,13,17)(H,15,16);1H. The lowest BCUT2D eigenvalue weighted by atomic mass is 10.0. The van der Waals surface area contributed by atoms with E-state index in [9.17, 15) is 9.59 Å². The van der Waals surface area contributed by atoms with Crippen molar-refractivity contribution in [3.8, 4) is 0 Å². The number of rotatable bonds is 6. The smallest absolute Gasteiger partial charge is 0.240 e. The van der Waals surface area contributed by atoms with Gasteiger partial charge in [-0.25, -0.2) is 0 Å². The summed E-state index contributed by atoms with van der Waals surface area (Å²) in [5, 5.41) is 6.04. The molecule has 2 amide bonds. The summed E-state index contributed by atoms with van der Waals surface area (Å²) in [4.78, 5) is 22.8. The fourth-order valence-electron chi connectivity index (χ4n) is 2.12. The van der Waals surface area contributed by atoms with Gasteiger partial charge in [0.15, 0.2) is 0 Å². The third-order valence-corrected chi connectivity index (χ3v) is 3.17. The molecule has 0 bridgehead atoms. The van der Waals surface area contributed by atoms with E-state index in [4.69, 9.17) is 5.73 Å². The van der Waals surface area contributed by atoms with Crippen LogP contribution < -0.4 is 16.4 Å². The minimum atomic E-state index is -0.556. The Kier molecular flexibility index (Phi) is 7.95. The van der Waals surface area contributed by atoms with Gasteiger partial charge in [-0.1, -0.05) is 13.8 Å². The first-order chi connectivity index (χ1) is 8.00. The van der Waals surface area contributed by atoms with Gasteiger partial charge >= 0.3 is 0 Å². The number of primary amides is 1. The molecular weight excluding hydrogens is 254 g/mol. The Balaban J connectivity index is 0.00000289. The average Bonchev–Trinajstić information content (AvgIpc) is 2.74. The van der Waals surface area contributed by atoms with E-state index in [0.29, 0.717) is 12.5 Å². The summed E-state index contributed by atoms with van der Waals surface area (Å²) in [6.07, 6.45) is 3.60. The zero-order chi connectivity index (χ0) is 12.8. The maximum atomic E-state index is 11.7. The van der Waals surface area contributed by atoms with E-state index in [1.165, 1.54) is 6.42 Å². The minimum Gasteiger partial charge on any atom is -0.368 e. The molecule has 0 aromatic heterocycles. The Morgan fingerprint density at radius 3 is 2.56 bits per heavy atom. The van der Waals surface area contributed by atoms with Gasteiger partial charge in [0.2, 0.25) is 11.8 Å². The van der Waals surface area contributed by atoms with E-state index in [1.807, 2.05) is 13.8 Å². The van der Waals surface area contributed by atoms with Crippen molar-refractivity contribution in [2.45, 2.75) is 51.6 Å². The second-order valence-electron chi connectivity index (χ2n) is 5.02. The van der Waals surface area contributed by atoms with Crippen molar-refractivity contribution in [3.05, 3.63) is 0 Å². The molecule has 2 atom stereocenters. The van der Waals surface area contributed by atoms with Crippen LogP contribution in [0.2, 0.25) is 0 Å². The third kappa shape index (κ3) is 5.69. The highest BCUT2D eigenvalue weighted by atomic mass is 35.5. The molecule has 1 saturated heterocycles. The molecule has 0 saturated carbocycles. The van der Waals surface area contributed by atoms with Crippen molar-refractivity contribution in [1.29, 1.82) is 0 Å². The topological polar surface area (TPSA) is 84.2 Å². The van der Waals surface area contributed by atoms with Gasteiger partial charge in [-0.15, -0.1) is 12.4 Å². The summed E-state index contributed by atoms with van der Waals surface area (Å²) in [5.74, 6) is -0.524. The molecule has 106 valence electrons. The van der Waals surface area contributed by atoms with Crippen molar-refractivity contribution in [3.63, 3.8) is 0 Å². The average molecular weight is 278 g/mol. The first-order valence-electron chi connectivity index (χ1n) is 6.32. The molecule has 5 nitrogen and oxygen atoms in total. The van der Waals surface area contributed by atoms with Gasteiger partial charge < -0.3 is 16.4 Å². The van der Waals surface area contributed by atoms with Crippen LogP contribution >= 0.6 is 12.4 Å². The highest BCUT2D eigenvalue weighted by Gasteiger charge is 2.22. The molecule has 1 fully saturated rings. The predicted molar refractivity (Wildman–Crippen MR) is 73.5 cm³/mol. The largest absolute Gasteiger partial charge is 0.368 e. The van der Waals surface area contributed by atoms with Gasteiger partial charge in [-0.2, -0.15) is 0 Å². The zero-order valence-corrected chi connectivity index (χ0v) is 11.9. The van der Waals surface area contributed by atoms with E-state index in [-0.39, 0.29) is 24.2 Å². The van der Waals surface area contributed by atoms with E-state index >= 15 is 0 Å². The Morgan fingerprint density at radius 1 is 1.44 bits per heavy atom. The van der Waals surface area contributed by atoms with Gasteiger partial charge in [0.1, 0.15) is 6.04 Å². The molecular formula is C12H24ClN3O2. The number of halogens is 1. The summed E-state index contributed by atoms with van der Waals surface area (Å²) < 4.78 is 0. The van der Waals surface area contributed by atoms with Crippen molar-refractivity contribution in [2.24, 2.45) is 11.7 Å². The SMILES string of the molecule is CC(C)C(NC(=O)CCC1CCCN1)C(N)=O.Cl. The number of hydrogen-bond donors (Lipinski definition) is 3. The Bertz CT molecular complexity index is 278. The van der Waals surface area contributed by atoms with E-state index in [0.717, 1.165) is 19.4 Å². The van der Waals surface area contributed by atoms with Crippen molar-refractivity contribution in [2.75, 3.05) is 6.54 Å². The van der Waals surface area contributed by atoms with Crippen LogP contribution in [0.25, 0.3) is 0 Å². The molecule has 0 spiro atoms. The molecule has 18 heavy (non-hydrogen) atoms. The number of hydrogen-bond acceptors (Lipinski definition) is 3. The van der Waals surface area contributed by atoms with E-state index < -0.39 is 11.9 Å². The van der Waals surface area contributed by atoms with Gasteiger partial charge in [0.25, 0.3) is 0 Å². The van der Waals surface area contributed by atoms with Crippen LogP contribution in [-0.4, -0.2) is 30.4 Å². The molecule has 6 heteroatoms. The molecule has 4 N–H and O–H groups in total. The molecule has 1 rings (SSSR count). The van der Waals surface area contributed by atoms with Crippen LogP contribution in [0.3, 0.4) is 0 Å². The summed E-state index contributed by atoms with van der Waals surface area (Å²) in [6, 6.07) is -0.106. The Labute approximate surface area is 115 Å². The van der Waals surface area contributed by atoms with Crippen molar-refractivity contribution in [1.82, 2.24) is 10.6 Å². The van der Waals surface area contributed by atoms with Crippen LogP contribution in [0, 0.1) is 5.92 Å². The molecule has 0 aromatic rings.